The van der Waals surface area contributed by atoms with Gasteiger partial charge in [-0.3, -0.25) is 9.78 Å². The van der Waals surface area contributed by atoms with Crippen LogP contribution in [-0.4, -0.2) is 47.1 Å². The first-order chi connectivity index (χ1) is 11.3. The lowest BCUT2D eigenvalue weighted by molar-refractivity contribution is -0.129. The Kier molecular flexibility index (Phi) is 4.31. The number of rotatable bonds is 4. The van der Waals surface area contributed by atoms with Crippen molar-refractivity contribution in [2.75, 3.05) is 13.2 Å². The zero-order chi connectivity index (χ0) is 15.6. The maximum Gasteiger partial charge on any atom is 0.225 e. The van der Waals surface area contributed by atoms with Crippen LogP contribution in [0.2, 0.25) is 0 Å². The highest BCUT2D eigenvalue weighted by Gasteiger charge is 2.47. The van der Waals surface area contributed by atoms with Crippen molar-refractivity contribution in [1.29, 1.82) is 0 Å². The lowest BCUT2D eigenvalue weighted by Gasteiger charge is -2.31. The lowest BCUT2D eigenvalue weighted by atomic mass is 9.99. The van der Waals surface area contributed by atoms with E-state index in [2.05, 4.69) is 21.3 Å². The highest BCUT2D eigenvalue weighted by atomic mass is 16.5. The van der Waals surface area contributed by atoms with Crippen LogP contribution in [0.25, 0.3) is 0 Å². The zero-order valence-electron chi connectivity index (χ0n) is 13.5. The molecular formula is C18H25N3O2. The molecule has 0 spiro atoms. The third kappa shape index (κ3) is 3.26. The number of pyridine rings is 1. The molecule has 3 fully saturated rings. The summed E-state index contributed by atoms with van der Waals surface area (Å²) in [5.41, 5.74) is 1.16. The third-order valence-corrected chi connectivity index (χ3v) is 5.23. The fourth-order valence-corrected chi connectivity index (χ4v) is 4.00. The monoisotopic (exact) mass is 315 g/mol. The summed E-state index contributed by atoms with van der Waals surface area (Å²) in [4.78, 5) is 19.0. The molecule has 1 aromatic heterocycles. The van der Waals surface area contributed by atoms with Crippen LogP contribution in [-0.2, 0) is 9.53 Å². The topological polar surface area (TPSA) is 54.5 Å². The average Bonchev–Trinajstić information content (AvgIpc) is 3.37. The lowest BCUT2D eigenvalue weighted by Crippen LogP contribution is -2.42. The van der Waals surface area contributed by atoms with Gasteiger partial charge < -0.3 is 15.0 Å². The minimum Gasteiger partial charge on any atom is -0.381 e. The van der Waals surface area contributed by atoms with Gasteiger partial charge in [0.25, 0.3) is 0 Å². The molecular weight excluding hydrogens is 290 g/mol. The summed E-state index contributed by atoms with van der Waals surface area (Å²) in [5.74, 6) is 0.295. The highest BCUT2D eigenvalue weighted by Crippen LogP contribution is 2.41. The largest absolute Gasteiger partial charge is 0.381 e. The van der Waals surface area contributed by atoms with Crippen molar-refractivity contribution in [2.24, 2.45) is 0 Å². The Labute approximate surface area is 137 Å². The van der Waals surface area contributed by atoms with E-state index in [4.69, 9.17) is 4.74 Å². The number of carbonyl (C=O) groups excluding carboxylic acids is 1. The van der Waals surface area contributed by atoms with E-state index < -0.39 is 0 Å². The van der Waals surface area contributed by atoms with Gasteiger partial charge in [0.1, 0.15) is 0 Å². The molecule has 2 saturated heterocycles. The minimum atomic E-state index is 0.132. The first-order valence-corrected chi connectivity index (χ1v) is 8.88. The van der Waals surface area contributed by atoms with E-state index in [0.29, 0.717) is 24.4 Å². The zero-order valence-corrected chi connectivity index (χ0v) is 13.5. The van der Waals surface area contributed by atoms with Gasteiger partial charge in [-0.15, -0.1) is 0 Å². The maximum atomic E-state index is 12.6. The molecule has 1 aliphatic carbocycles. The molecule has 0 aromatic carbocycles. The molecule has 2 aliphatic heterocycles. The molecule has 124 valence electrons. The molecule has 3 aliphatic rings. The Bertz CT molecular complexity index is 538. The van der Waals surface area contributed by atoms with E-state index in [1.807, 2.05) is 12.3 Å². The number of hydrogen-bond acceptors (Lipinski definition) is 4. The third-order valence-electron chi connectivity index (χ3n) is 5.23. The summed E-state index contributed by atoms with van der Waals surface area (Å²) in [6, 6.07) is 5.30. The van der Waals surface area contributed by atoms with Gasteiger partial charge in [-0.2, -0.15) is 0 Å². The predicted octanol–water partition coefficient (Wildman–Crippen LogP) is 2.04. The number of ether oxygens (including phenoxy) is 1. The Morgan fingerprint density at radius 1 is 1.22 bits per heavy atom. The van der Waals surface area contributed by atoms with Crippen LogP contribution in [0.1, 0.15) is 50.1 Å². The highest BCUT2D eigenvalue weighted by molar-refractivity contribution is 5.81. The van der Waals surface area contributed by atoms with Gasteiger partial charge in [0.15, 0.2) is 0 Å². The van der Waals surface area contributed by atoms with Crippen molar-refractivity contribution in [3.63, 3.8) is 0 Å². The van der Waals surface area contributed by atoms with E-state index >= 15 is 0 Å². The molecule has 0 radical (unpaired) electrons. The van der Waals surface area contributed by atoms with Crippen molar-refractivity contribution < 1.29 is 9.53 Å². The minimum absolute atomic E-state index is 0.132. The van der Waals surface area contributed by atoms with Crippen LogP contribution < -0.4 is 5.32 Å². The molecule has 1 N–H and O–H groups in total. The number of likely N-dealkylation sites (tertiary alicyclic amines) is 1. The van der Waals surface area contributed by atoms with Crippen LogP contribution in [0.5, 0.6) is 0 Å². The number of carbonyl (C=O) groups is 1. The molecule has 4 rings (SSSR count). The van der Waals surface area contributed by atoms with Crippen LogP contribution in [0.3, 0.4) is 0 Å². The quantitative estimate of drug-likeness (QED) is 0.924. The second kappa shape index (κ2) is 6.57. The number of nitrogens with zero attached hydrogens (tertiary/aromatic N) is 2. The van der Waals surface area contributed by atoms with Gasteiger partial charge >= 0.3 is 0 Å². The van der Waals surface area contributed by atoms with Gasteiger partial charge in [0.2, 0.25) is 5.91 Å². The fourth-order valence-electron chi connectivity index (χ4n) is 4.00. The number of nitrogens with one attached hydrogen (secondary N) is 1. The summed E-state index contributed by atoms with van der Waals surface area (Å²) in [6.07, 6.45) is 9.88. The number of amides is 1. The van der Waals surface area contributed by atoms with E-state index in [-0.39, 0.29) is 12.1 Å². The van der Waals surface area contributed by atoms with Crippen molar-refractivity contribution in [3.8, 4) is 0 Å². The first kappa shape index (κ1) is 15.1. The summed E-state index contributed by atoms with van der Waals surface area (Å²) in [7, 11) is 0. The molecule has 5 nitrogen and oxygen atoms in total. The standard InChI is InChI=1S/C18H25N3O2/c22-17-11-16(20-14-4-2-9-23-10-7-14)18(21(17)15-5-6-15)13-3-1-8-19-12-13/h1,3,8,12,14-16,18,20H,2,4-7,9-11H2/t14?,16-,18+/m1/s1. The van der Waals surface area contributed by atoms with Crippen molar-refractivity contribution >= 4 is 5.91 Å². The van der Waals surface area contributed by atoms with Crippen LogP contribution in [0.4, 0.5) is 0 Å². The maximum absolute atomic E-state index is 12.6. The SMILES string of the molecule is O=C1C[C@@H](NC2CCCOCC2)[C@H](c2cccnc2)N1C1CC1. The average molecular weight is 315 g/mol. The Morgan fingerprint density at radius 3 is 2.91 bits per heavy atom. The van der Waals surface area contributed by atoms with E-state index in [1.165, 1.54) is 0 Å². The molecule has 1 saturated carbocycles. The van der Waals surface area contributed by atoms with Gasteiger partial charge in [-0.05, 0) is 43.7 Å². The van der Waals surface area contributed by atoms with Gasteiger partial charge in [0, 0.05) is 50.2 Å². The van der Waals surface area contributed by atoms with Crippen LogP contribution in [0.15, 0.2) is 24.5 Å². The van der Waals surface area contributed by atoms with Gasteiger partial charge in [-0.25, -0.2) is 0 Å². The number of aromatic nitrogens is 1. The summed E-state index contributed by atoms with van der Waals surface area (Å²) >= 11 is 0. The van der Waals surface area contributed by atoms with Crippen molar-refractivity contribution in [2.45, 2.75) is 62.7 Å². The molecule has 3 heterocycles. The van der Waals surface area contributed by atoms with E-state index in [9.17, 15) is 4.79 Å². The van der Waals surface area contributed by atoms with Crippen molar-refractivity contribution in [3.05, 3.63) is 30.1 Å². The van der Waals surface area contributed by atoms with E-state index in [1.54, 1.807) is 6.20 Å². The van der Waals surface area contributed by atoms with Crippen molar-refractivity contribution in [1.82, 2.24) is 15.2 Å². The molecule has 0 bridgehead atoms. The molecule has 3 atom stereocenters. The van der Waals surface area contributed by atoms with Crippen LogP contribution >= 0.6 is 0 Å². The normalized spacial score (nSPS) is 32.1. The Hall–Kier alpha value is -1.46. The predicted molar refractivity (Wildman–Crippen MR) is 86.8 cm³/mol. The summed E-state index contributed by atoms with van der Waals surface area (Å²) in [5, 5.41) is 3.78. The Balaban J connectivity index is 1.55. The van der Waals surface area contributed by atoms with E-state index in [0.717, 1.165) is 50.9 Å². The fraction of sp³-hybridized carbons (Fsp3) is 0.667. The Morgan fingerprint density at radius 2 is 2.13 bits per heavy atom. The van der Waals surface area contributed by atoms with Gasteiger partial charge in [0.05, 0.1) is 6.04 Å². The number of hydrogen-bond donors (Lipinski definition) is 1. The molecule has 23 heavy (non-hydrogen) atoms. The molecule has 1 amide bonds. The second-order valence-electron chi connectivity index (χ2n) is 6.98. The van der Waals surface area contributed by atoms with Crippen LogP contribution in [0, 0.1) is 0 Å². The summed E-state index contributed by atoms with van der Waals surface area (Å²) in [6.45, 7) is 1.68. The first-order valence-electron chi connectivity index (χ1n) is 8.88. The van der Waals surface area contributed by atoms with Gasteiger partial charge in [-0.1, -0.05) is 6.07 Å². The molecule has 1 unspecified atom stereocenters. The molecule has 5 heteroatoms. The smallest absolute Gasteiger partial charge is 0.225 e. The summed E-state index contributed by atoms with van der Waals surface area (Å²) < 4.78 is 5.56. The second-order valence-corrected chi connectivity index (χ2v) is 6.98. The molecule has 1 aromatic rings.